The van der Waals surface area contributed by atoms with Crippen LogP contribution in [0.3, 0.4) is 0 Å². The molecule has 1 aromatic carbocycles. The van der Waals surface area contributed by atoms with Gasteiger partial charge in [-0.1, -0.05) is 103 Å². The summed E-state index contributed by atoms with van der Waals surface area (Å²) in [4.78, 5) is 0. The predicted octanol–water partition coefficient (Wildman–Crippen LogP) is 7.84. The van der Waals surface area contributed by atoms with Gasteiger partial charge in [-0.05, 0) is 30.2 Å². The Morgan fingerprint density at radius 1 is 0.839 bits per heavy atom. The van der Waals surface area contributed by atoms with Gasteiger partial charge >= 0.3 is 0 Å². The minimum Gasteiger partial charge on any atom is -0.394 e. The molecule has 0 bridgehead atoms. The van der Waals surface area contributed by atoms with Gasteiger partial charge in [0.15, 0.2) is 0 Å². The summed E-state index contributed by atoms with van der Waals surface area (Å²) in [6.45, 7) is 2.46. The number of hydrogen-bond acceptors (Lipinski definition) is 3. The zero-order valence-electron chi connectivity index (χ0n) is 19.7. The number of nitrogens with zero attached hydrogens (tertiary/aromatic N) is 1. The predicted molar refractivity (Wildman–Crippen MR) is 126 cm³/mol. The second-order valence-electron chi connectivity index (χ2n) is 8.81. The van der Waals surface area contributed by atoms with Gasteiger partial charge in [-0.15, -0.1) is 0 Å². The molecule has 0 aromatic heterocycles. The summed E-state index contributed by atoms with van der Waals surface area (Å²) >= 11 is 0. The molecule has 0 fully saturated rings. The first-order valence-corrected chi connectivity index (χ1v) is 12.6. The second-order valence-corrected chi connectivity index (χ2v) is 8.81. The Morgan fingerprint density at radius 3 is 1.84 bits per heavy atom. The Kier molecular flexibility index (Phi) is 17.1. The monoisotopic (exact) mass is 433 g/mol. The van der Waals surface area contributed by atoms with Gasteiger partial charge in [0.1, 0.15) is 5.82 Å². The van der Waals surface area contributed by atoms with Gasteiger partial charge in [0, 0.05) is 0 Å². The molecule has 0 spiro atoms. The summed E-state index contributed by atoms with van der Waals surface area (Å²) < 4.78 is 19.2. The Morgan fingerprint density at radius 2 is 1.35 bits per heavy atom. The van der Waals surface area contributed by atoms with Crippen molar-refractivity contribution in [1.82, 2.24) is 0 Å². The lowest BCUT2D eigenvalue weighted by Gasteiger charge is -2.15. The smallest absolute Gasteiger partial charge is 0.124 e. The van der Waals surface area contributed by atoms with Crippen molar-refractivity contribution >= 4 is 0 Å². The highest BCUT2D eigenvalue weighted by atomic mass is 19.1. The minimum absolute atomic E-state index is 0.0287. The van der Waals surface area contributed by atoms with Crippen LogP contribution in [0.5, 0.6) is 0 Å². The fourth-order valence-corrected chi connectivity index (χ4v) is 3.98. The summed E-state index contributed by atoms with van der Waals surface area (Å²) in [7, 11) is 0. The first kappa shape index (κ1) is 27.6. The largest absolute Gasteiger partial charge is 0.394 e. The molecule has 1 aromatic rings. The maximum atomic E-state index is 13.5. The molecule has 0 aliphatic heterocycles. The number of benzene rings is 1. The molecule has 1 N–H and O–H groups in total. The van der Waals surface area contributed by atoms with E-state index in [1.807, 2.05) is 6.07 Å². The number of hydrogen-bond donors (Lipinski definition) is 1. The normalized spacial score (nSPS) is 12.1. The lowest BCUT2D eigenvalue weighted by atomic mass is 10.0. The molecular formula is C27H44FNO2. The van der Waals surface area contributed by atoms with Crippen LogP contribution in [-0.4, -0.2) is 17.8 Å². The highest BCUT2D eigenvalue weighted by Crippen LogP contribution is 2.16. The van der Waals surface area contributed by atoms with Gasteiger partial charge in [0.2, 0.25) is 0 Å². The highest BCUT2D eigenvalue weighted by molar-refractivity contribution is 5.33. The fraction of sp³-hybridized carbons (Fsp3) is 0.741. The van der Waals surface area contributed by atoms with E-state index in [1.165, 1.54) is 95.6 Å². The van der Waals surface area contributed by atoms with Crippen LogP contribution in [0.15, 0.2) is 18.2 Å². The van der Waals surface area contributed by atoms with Crippen molar-refractivity contribution in [3.8, 4) is 6.07 Å². The summed E-state index contributed by atoms with van der Waals surface area (Å²) in [5.41, 5.74) is 0.924. The van der Waals surface area contributed by atoms with Crippen LogP contribution < -0.4 is 0 Å². The van der Waals surface area contributed by atoms with Crippen molar-refractivity contribution < 1.29 is 14.2 Å². The number of unbranched alkanes of at least 4 members (excludes halogenated alkanes) is 14. The van der Waals surface area contributed by atoms with Gasteiger partial charge < -0.3 is 9.84 Å². The van der Waals surface area contributed by atoms with Crippen LogP contribution in [0.1, 0.15) is 121 Å². The van der Waals surface area contributed by atoms with E-state index in [0.717, 1.165) is 19.3 Å². The molecule has 4 heteroatoms. The van der Waals surface area contributed by atoms with E-state index in [4.69, 9.17) is 10.00 Å². The Bertz CT molecular complexity index is 599. The van der Waals surface area contributed by atoms with E-state index in [0.29, 0.717) is 11.1 Å². The zero-order chi connectivity index (χ0) is 22.6. The SMILES string of the molecule is CCCCCCCCCCCCCCCCC[C@H](CO)OCc1cc(F)cc(C#N)c1. The maximum absolute atomic E-state index is 13.5. The van der Waals surface area contributed by atoms with Gasteiger partial charge in [0.05, 0.1) is 31.0 Å². The number of ether oxygens (including phenoxy) is 1. The Labute approximate surface area is 190 Å². The van der Waals surface area contributed by atoms with Crippen molar-refractivity contribution in [3.63, 3.8) is 0 Å². The first-order chi connectivity index (χ1) is 15.2. The Hall–Kier alpha value is -1.44. The van der Waals surface area contributed by atoms with Gasteiger partial charge in [-0.3, -0.25) is 0 Å². The van der Waals surface area contributed by atoms with Crippen molar-refractivity contribution in [2.24, 2.45) is 0 Å². The molecule has 0 radical (unpaired) electrons. The molecule has 0 saturated heterocycles. The fourth-order valence-electron chi connectivity index (χ4n) is 3.98. The Balaban J connectivity index is 1.96. The third-order valence-corrected chi connectivity index (χ3v) is 5.91. The molecule has 1 atom stereocenters. The zero-order valence-corrected chi connectivity index (χ0v) is 19.7. The molecule has 0 aliphatic carbocycles. The molecule has 3 nitrogen and oxygen atoms in total. The lowest BCUT2D eigenvalue weighted by Crippen LogP contribution is -2.17. The molecule has 0 aliphatic rings. The number of aliphatic hydroxyl groups is 1. The first-order valence-electron chi connectivity index (χ1n) is 12.6. The maximum Gasteiger partial charge on any atom is 0.124 e. The lowest BCUT2D eigenvalue weighted by molar-refractivity contribution is -0.00357. The van der Waals surface area contributed by atoms with Gasteiger partial charge in [-0.25, -0.2) is 4.39 Å². The van der Waals surface area contributed by atoms with Crippen LogP contribution >= 0.6 is 0 Å². The van der Waals surface area contributed by atoms with E-state index in [9.17, 15) is 9.50 Å². The summed E-state index contributed by atoms with van der Waals surface area (Å²) in [5, 5.41) is 18.4. The van der Waals surface area contributed by atoms with E-state index in [1.54, 1.807) is 6.07 Å². The number of nitriles is 1. The summed E-state index contributed by atoms with van der Waals surface area (Å²) in [6.07, 6.45) is 20.6. The number of aliphatic hydroxyl groups excluding tert-OH is 1. The van der Waals surface area contributed by atoms with Crippen LogP contribution in [0.2, 0.25) is 0 Å². The van der Waals surface area contributed by atoms with Crippen LogP contribution in [-0.2, 0) is 11.3 Å². The van der Waals surface area contributed by atoms with Crippen LogP contribution in [0.4, 0.5) is 4.39 Å². The average Bonchev–Trinajstić information content (AvgIpc) is 2.78. The molecule has 0 unspecified atom stereocenters. The topological polar surface area (TPSA) is 53.2 Å². The summed E-state index contributed by atoms with van der Waals surface area (Å²) in [5.74, 6) is -0.430. The molecule has 1 rings (SSSR count). The second kappa shape index (κ2) is 19.3. The van der Waals surface area contributed by atoms with Crippen molar-refractivity contribution in [2.75, 3.05) is 6.61 Å². The minimum atomic E-state index is -0.430. The van der Waals surface area contributed by atoms with Crippen LogP contribution in [0, 0.1) is 17.1 Å². The van der Waals surface area contributed by atoms with Gasteiger partial charge in [-0.2, -0.15) is 5.26 Å². The van der Waals surface area contributed by atoms with Gasteiger partial charge in [0.25, 0.3) is 0 Å². The summed E-state index contributed by atoms with van der Waals surface area (Å²) in [6, 6.07) is 6.17. The van der Waals surface area contributed by atoms with Crippen molar-refractivity contribution in [3.05, 3.63) is 35.1 Å². The molecule has 0 saturated carbocycles. The third kappa shape index (κ3) is 15.1. The molecule has 0 amide bonds. The standard InChI is InChI=1S/C27H44FNO2/c1-2-3-4-5-6-7-8-9-10-11-12-13-14-15-16-17-27(22-30)31-23-25-18-24(21-29)19-26(28)20-25/h18-20,27,30H,2-17,22-23H2,1H3/t27-/m1/s1. The van der Waals surface area contributed by atoms with Crippen molar-refractivity contribution in [2.45, 2.75) is 122 Å². The van der Waals surface area contributed by atoms with E-state index < -0.39 is 5.82 Å². The quantitative estimate of drug-likeness (QED) is 0.213. The third-order valence-electron chi connectivity index (χ3n) is 5.91. The van der Waals surface area contributed by atoms with Crippen LogP contribution in [0.25, 0.3) is 0 Å². The molecule has 31 heavy (non-hydrogen) atoms. The van der Waals surface area contributed by atoms with E-state index in [-0.39, 0.29) is 19.3 Å². The van der Waals surface area contributed by atoms with E-state index in [2.05, 4.69) is 6.92 Å². The molecule has 176 valence electrons. The number of rotatable bonds is 20. The molecular weight excluding hydrogens is 389 g/mol. The van der Waals surface area contributed by atoms with Crippen molar-refractivity contribution in [1.29, 1.82) is 5.26 Å². The average molecular weight is 434 g/mol. The highest BCUT2D eigenvalue weighted by Gasteiger charge is 2.09. The molecule has 0 heterocycles. The van der Waals surface area contributed by atoms with E-state index >= 15 is 0 Å². The number of halogens is 1.